The van der Waals surface area contributed by atoms with Crippen molar-refractivity contribution in [2.45, 2.75) is 63.3 Å². The van der Waals surface area contributed by atoms with Gasteiger partial charge in [-0.3, -0.25) is 0 Å². The predicted molar refractivity (Wildman–Crippen MR) is 97.4 cm³/mol. The molecule has 0 spiro atoms. The maximum Gasteiger partial charge on any atom is 0.408 e. The number of nitrogens with one attached hydrogen (secondary N) is 1. The first kappa shape index (κ1) is 19.3. The van der Waals surface area contributed by atoms with Crippen LogP contribution >= 0.6 is 11.8 Å². The number of carbonyl (C=O) groups excluding carboxylic acids is 1. The van der Waals surface area contributed by atoms with Crippen molar-refractivity contribution in [3.63, 3.8) is 0 Å². The molecule has 0 aliphatic heterocycles. The molecule has 0 atom stereocenters. The van der Waals surface area contributed by atoms with Crippen LogP contribution in [-0.2, 0) is 16.0 Å². The minimum atomic E-state index is -0.793. The van der Waals surface area contributed by atoms with Crippen molar-refractivity contribution in [1.82, 2.24) is 15.5 Å². The molecule has 1 aromatic heterocycles. The predicted octanol–water partition coefficient (Wildman–Crippen LogP) is 4.43. The van der Waals surface area contributed by atoms with Crippen LogP contribution in [0.2, 0.25) is 0 Å². The van der Waals surface area contributed by atoms with E-state index in [0.717, 1.165) is 4.90 Å². The molecule has 0 aliphatic carbocycles. The van der Waals surface area contributed by atoms with Gasteiger partial charge in [-0.25, -0.2) is 4.79 Å². The molecule has 1 aromatic carbocycles. The zero-order valence-electron chi connectivity index (χ0n) is 15.5. The van der Waals surface area contributed by atoms with Gasteiger partial charge in [-0.1, -0.05) is 22.9 Å². The van der Waals surface area contributed by atoms with Gasteiger partial charge in [0.25, 0.3) is 0 Å². The summed E-state index contributed by atoms with van der Waals surface area (Å²) in [6.45, 7) is 11.1. The molecule has 0 saturated carbocycles. The first-order chi connectivity index (χ1) is 11.5. The van der Waals surface area contributed by atoms with Crippen LogP contribution < -0.4 is 5.32 Å². The first-order valence-corrected chi connectivity index (χ1v) is 9.07. The lowest BCUT2D eigenvalue weighted by Gasteiger charge is -2.26. The van der Waals surface area contributed by atoms with Crippen LogP contribution in [0.25, 0.3) is 0 Å². The second-order valence-corrected chi connectivity index (χ2v) is 8.41. The average molecular weight is 363 g/mol. The summed E-state index contributed by atoms with van der Waals surface area (Å²) in [6.07, 6.45) is -0.516. The topological polar surface area (TPSA) is 77.2 Å². The monoisotopic (exact) mass is 363 g/mol. The molecule has 0 radical (unpaired) electrons. The SMILES string of the molecule is Cc1ccc(SCc2nc(C(C)(C)NC(=O)OC(C)(C)C)no2)cc1. The summed E-state index contributed by atoms with van der Waals surface area (Å²) < 4.78 is 10.6. The molecule has 1 N–H and O–H groups in total. The van der Waals surface area contributed by atoms with Gasteiger partial charge in [0.05, 0.1) is 5.75 Å². The van der Waals surface area contributed by atoms with Crippen LogP contribution in [0.3, 0.4) is 0 Å². The van der Waals surface area contributed by atoms with Gasteiger partial charge in [-0.15, -0.1) is 11.8 Å². The Hall–Kier alpha value is -2.02. The van der Waals surface area contributed by atoms with E-state index in [9.17, 15) is 4.79 Å². The van der Waals surface area contributed by atoms with Crippen LogP contribution in [0.1, 0.15) is 51.9 Å². The number of hydrogen-bond donors (Lipinski definition) is 1. The van der Waals surface area contributed by atoms with Gasteiger partial charge in [0.1, 0.15) is 11.1 Å². The summed E-state index contributed by atoms with van der Waals surface area (Å²) in [5.74, 6) is 1.50. The minimum Gasteiger partial charge on any atom is -0.444 e. The highest BCUT2D eigenvalue weighted by Crippen LogP contribution is 2.24. The smallest absolute Gasteiger partial charge is 0.408 e. The molecule has 25 heavy (non-hydrogen) atoms. The quantitative estimate of drug-likeness (QED) is 0.792. The summed E-state index contributed by atoms with van der Waals surface area (Å²) in [7, 11) is 0. The van der Waals surface area contributed by atoms with Crippen LogP contribution in [0, 0.1) is 6.92 Å². The van der Waals surface area contributed by atoms with E-state index in [1.165, 1.54) is 5.56 Å². The largest absolute Gasteiger partial charge is 0.444 e. The van der Waals surface area contributed by atoms with E-state index >= 15 is 0 Å². The van der Waals surface area contributed by atoms with Gasteiger partial charge in [-0.05, 0) is 53.7 Å². The number of ether oxygens (including phenoxy) is 1. The number of amides is 1. The summed E-state index contributed by atoms with van der Waals surface area (Å²) in [5, 5.41) is 6.76. The zero-order valence-corrected chi connectivity index (χ0v) is 16.4. The van der Waals surface area contributed by atoms with Crippen LogP contribution in [0.5, 0.6) is 0 Å². The molecule has 0 bridgehead atoms. The highest BCUT2D eigenvalue weighted by molar-refractivity contribution is 7.98. The zero-order chi connectivity index (χ0) is 18.7. The fourth-order valence-electron chi connectivity index (χ4n) is 1.96. The van der Waals surface area contributed by atoms with Crippen LogP contribution in [0.4, 0.5) is 4.79 Å². The number of aryl methyl sites for hydroxylation is 1. The molecule has 7 heteroatoms. The molecular formula is C18H25N3O3S. The maximum atomic E-state index is 12.0. The lowest BCUT2D eigenvalue weighted by molar-refractivity contribution is 0.0465. The summed E-state index contributed by atoms with van der Waals surface area (Å²) in [4.78, 5) is 17.5. The van der Waals surface area contributed by atoms with E-state index in [1.54, 1.807) is 25.6 Å². The Kier molecular flexibility index (Phi) is 5.77. The Labute approximate surface area is 152 Å². The van der Waals surface area contributed by atoms with Crippen LogP contribution in [0.15, 0.2) is 33.7 Å². The standard InChI is InChI=1S/C18H25N3O3S/c1-12-7-9-13(10-8-12)25-11-14-19-15(21-24-14)18(5,6)20-16(22)23-17(2,3)4/h7-10H,11H2,1-6H3,(H,20,22). The van der Waals surface area contributed by atoms with E-state index < -0.39 is 17.2 Å². The number of carbonyl (C=O) groups is 1. The van der Waals surface area contributed by atoms with Crippen molar-refractivity contribution in [2.75, 3.05) is 0 Å². The molecule has 136 valence electrons. The van der Waals surface area contributed by atoms with E-state index in [2.05, 4.69) is 46.6 Å². The van der Waals surface area contributed by atoms with Gasteiger partial charge >= 0.3 is 6.09 Å². The lowest BCUT2D eigenvalue weighted by atomic mass is 10.1. The Balaban J connectivity index is 1.96. The fourth-order valence-corrected chi connectivity index (χ4v) is 2.70. The van der Waals surface area contributed by atoms with Gasteiger partial charge in [0.2, 0.25) is 5.89 Å². The van der Waals surface area contributed by atoms with Crippen molar-refractivity contribution >= 4 is 17.9 Å². The minimum absolute atomic E-state index is 0.415. The number of thioether (sulfide) groups is 1. The highest BCUT2D eigenvalue weighted by Gasteiger charge is 2.30. The van der Waals surface area contributed by atoms with Crippen molar-refractivity contribution in [2.24, 2.45) is 0 Å². The number of rotatable bonds is 5. The molecule has 6 nitrogen and oxygen atoms in total. The Morgan fingerprint density at radius 1 is 1.20 bits per heavy atom. The molecular weight excluding hydrogens is 338 g/mol. The molecule has 2 rings (SSSR count). The lowest BCUT2D eigenvalue weighted by Crippen LogP contribution is -2.44. The molecule has 0 fully saturated rings. The number of hydrogen-bond acceptors (Lipinski definition) is 6. The highest BCUT2D eigenvalue weighted by atomic mass is 32.2. The van der Waals surface area contributed by atoms with Crippen molar-refractivity contribution in [3.8, 4) is 0 Å². The summed E-state index contributed by atoms with van der Waals surface area (Å²) in [5.41, 5.74) is -0.134. The van der Waals surface area contributed by atoms with Gasteiger partial charge in [-0.2, -0.15) is 4.98 Å². The maximum absolute atomic E-state index is 12.0. The van der Waals surface area contributed by atoms with Crippen LogP contribution in [-0.4, -0.2) is 21.8 Å². The number of alkyl carbamates (subject to hydrolysis) is 1. The third-order valence-electron chi connectivity index (χ3n) is 3.22. The molecule has 0 saturated heterocycles. The third kappa shape index (κ3) is 6.08. The number of nitrogens with zero attached hydrogens (tertiary/aromatic N) is 2. The van der Waals surface area contributed by atoms with Crippen molar-refractivity contribution in [3.05, 3.63) is 41.5 Å². The van der Waals surface area contributed by atoms with Crippen molar-refractivity contribution < 1.29 is 14.1 Å². The number of benzene rings is 1. The second-order valence-electron chi connectivity index (χ2n) is 7.37. The second kappa shape index (κ2) is 7.47. The molecule has 1 amide bonds. The molecule has 0 unspecified atom stereocenters. The molecule has 0 aliphatic rings. The van der Waals surface area contributed by atoms with E-state index in [0.29, 0.717) is 17.5 Å². The average Bonchev–Trinajstić information content (AvgIpc) is 2.94. The third-order valence-corrected chi connectivity index (χ3v) is 4.22. The Morgan fingerprint density at radius 2 is 1.84 bits per heavy atom. The van der Waals surface area contributed by atoms with Crippen molar-refractivity contribution in [1.29, 1.82) is 0 Å². The van der Waals surface area contributed by atoms with Gasteiger partial charge in [0.15, 0.2) is 5.82 Å². The first-order valence-electron chi connectivity index (χ1n) is 8.09. The Morgan fingerprint density at radius 3 is 2.44 bits per heavy atom. The molecule has 1 heterocycles. The number of aromatic nitrogens is 2. The summed E-state index contributed by atoms with van der Waals surface area (Å²) in [6, 6.07) is 8.25. The van der Waals surface area contributed by atoms with Gasteiger partial charge in [0, 0.05) is 4.90 Å². The Bertz CT molecular complexity index is 718. The molecule has 2 aromatic rings. The normalized spacial score (nSPS) is 12.1. The van der Waals surface area contributed by atoms with Gasteiger partial charge < -0.3 is 14.6 Å². The van der Waals surface area contributed by atoms with E-state index in [-0.39, 0.29) is 0 Å². The van der Waals surface area contributed by atoms with E-state index in [4.69, 9.17) is 9.26 Å². The fraction of sp³-hybridized carbons (Fsp3) is 0.500. The van der Waals surface area contributed by atoms with E-state index in [1.807, 2.05) is 20.8 Å². The summed E-state index contributed by atoms with van der Waals surface area (Å²) >= 11 is 1.62.